The van der Waals surface area contributed by atoms with Crippen LogP contribution in [0.1, 0.15) is 54.0 Å². The van der Waals surface area contributed by atoms with Gasteiger partial charge in [0.25, 0.3) is 0 Å². The predicted molar refractivity (Wildman–Crippen MR) is 167 cm³/mol. The van der Waals surface area contributed by atoms with Crippen LogP contribution in [0, 0.1) is 17.8 Å². The zero-order valence-electron chi connectivity index (χ0n) is 27.8. The van der Waals surface area contributed by atoms with Gasteiger partial charge in [-0.3, -0.25) is 0 Å². The highest BCUT2D eigenvalue weighted by atomic mass is 28.4. The van der Waals surface area contributed by atoms with E-state index in [-0.39, 0.29) is 30.3 Å². The zero-order valence-corrected chi connectivity index (χ0v) is 28.8. The Kier molecular flexibility index (Phi) is 15.9. The Hall–Kier alpha value is -1.79. The van der Waals surface area contributed by atoms with Crippen molar-refractivity contribution in [1.82, 2.24) is 0 Å². The molecule has 0 aromatic heterocycles. The first kappa shape index (κ1) is 38.2. The highest BCUT2D eigenvalue weighted by Gasteiger charge is 2.40. The number of esters is 1. The molecule has 0 aliphatic heterocycles. The van der Waals surface area contributed by atoms with Crippen molar-refractivity contribution in [2.75, 3.05) is 34.7 Å². The van der Waals surface area contributed by atoms with E-state index in [9.17, 15) is 15.0 Å². The third-order valence-electron chi connectivity index (χ3n) is 8.30. The van der Waals surface area contributed by atoms with Crippen LogP contribution in [0.2, 0.25) is 18.1 Å². The van der Waals surface area contributed by atoms with Crippen LogP contribution in [0.4, 0.5) is 0 Å². The van der Waals surface area contributed by atoms with Crippen LogP contribution >= 0.6 is 0 Å². The van der Waals surface area contributed by atoms with Gasteiger partial charge >= 0.3 is 5.97 Å². The predicted octanol–water partition coefficient (Wildman–Crippen LogP) is 5.34. The number of methoxy groups -OCH3 is 3. The molecule has 0 unspecified atom stereocenters. The summed E-state index contributed by atoms with van der Waals surface area (Å²) >= 11 is 0. The Bertz CT molecular complexity index is 958. The van der Waals surface area contributed by atoms with Crippen molar-refractivity contribution in [3.63, 3.8) is 0 Å². The molecule has 0 bridgehead atoms. The summed E-state index contributed by atoms with van der Waals surface area (Å²) in [5.74, 6) is -1.02. The minimum Gasteiger partial charge on any atom is -0.497 e. The fourth-order valence-corrected chi connectivity index (χ4v) is 5.71. The minimum atomic E-state index is -1.90. The van der Waals surface area contributed by atoms with E-state index in [1.807, 2.05) is 38.1 Å². The maximum absolute atomic E-state index is 12.0. The lowest BCUT2D eigenvalue weighted by Gasteiger charge is -2.38. The maximum Gasteiger partial charge on any atom is 0.337 e. The molecule has 0 radical (unpaired) electrons. The lowest BCUT2D eigenvalue weighted by Crippen LogP contribution is -2.48. The molecule has 0 aliphatic rings. The Morgan fingerprint density at radius 3 is 2.07 bits per heavy atom. The van der Waals surface area contributed by atoms with E-state index in [4.69, 9.17) is 23.4 Å². The fourth-order valence-electron chi connectivity index (χ4n) is 4.60. The first-order valence-electron chi connectivity index (χ1n) is 14.6. The standard InChI is InChI=1S/C32H56O9Si/c1-21(18-41-42(11,12)32(5,6)7)17-22(2)29(40-20-36-8)24(4)30(23(3)27(33)28(34)31(35)38-10)39-19-25-13-15-26(37-9)16-14-25/h13-17,21,23-24,27-30,33-34H,18-20H2,1-12H3/b22-17+/t21-,23-,24+,27-,28+,29-,30+/m0/s1. The molecule has 0 spiro atoms. The van der Waals surface area contributed by atoms with Crippen molar-refractivity contribution in [1.29, 1.82) is 0 Å². The van der Waals surface area contributed by atoms with Gasteiger partial charge < -0.3 is 38.3 Å². The van der Waals surface area contributed by atoms with E-state index in [1.54, 1.807) is 21.1 Å². The molecule has 1 aromatic rings. The Morgan fingerprint density at radius 1 is 0.976 bits per heavy atom. The summed E-state index contributed by atoms with van der Waals surface area (Å²) in [6.07, 6.45) is -2.05. The second-order valence-electron chi connectivity index (χ2n) is 12.8. The molecule has 1 rings (SSSR count). The number of aliphatic hydroxyl groups is 2. The molecule has 10 heteroatoms. The second kappa shape index (κ2) is 17.5. The van der Waals surface area contributed by atoms with E-state index >= 15 is 0 Å². The van der Waals surface area contributed by atoms with Gasteiger partial charge in [0.15, 0.2) is 14.4 Å². The van der Waals surface area contributed by atoms with Crippen LogP contribution in [0.3, 0.4) is 0 Å². The van der Waals surface area contributed by atoms with E-state index in [2.05, 4.69) is 51.6 Å². The van der Waals surface area contributed by atoms with Crippen molar-refractivity contribution in [2.24, 2.45) is 17.8 Å². The van der Waals surface area contributed by atoms with Crippen LogP contribution in [0.25, 0.3) is 0 Å². The molecule has 0 heterocycles. The summed E-state index contributed by atoms with van der Waals surface area (Å²) in [5.41, 5.74) is 1.88. The fraction of sp³-hybridized carbons (Fsp3) is 0.719. The van der Waals surface area contributed by atoms with Crippen LogP contribution in [-0.4, -0.2) is 83.6 Å². The molecule has 42 heavy (non-hydrogen) atoms. The number of aliphatic hydroxyl groups excluding tert-OH is 2. The number of carbonyl (C=O) groups is 1. The first-order valence-corrected chi connectivity index (χ1v) is 17.5. The van der Waals surface area contributed by atoms with E-state index in [1.165, 1.54) is 7.11 Å². The Labute approximate surface area is 254 Å². The van der Waals surface area contributed by atoms with Crippen LogP contribution in [0.5, 0.6) is 5.75 Å². The molecule has 0 saturated heterocycles. The lowest BCUT2D eigenvalue weighted by molar-refractivity contribution is -0.166. The van der Waals surface area contributed by atoms with Crippen molar-refractivity contribution < 1.29 is 43.1 Å². The number of hydrogen-bond donors (Lipinski definition) is 2. The quantitative estimate of drug-likeness (QED) is 0.0982. The van der Waals surface area contributed by atoms with E-state index in [0.717, 1.165) is 16.9 Å². The Balaban J connectivity index is 3.31. The normalized spacial score (nSPS) is 18.0. The highest BCUT2D eigenvalue weighted by Crippen LogP contribution is 2.37. The van der Waals surface area contributed by atoms with Gasteiger partial charge in [-0.15, -0.1) is 0 Å². The molecule has 0 aliphatic carbocycles. The number of hydrogen-bond acceptors (Lipinski definition) is 9. The van der Waals surface area contributed by atoms with Crippen molar-refractivity contribution in [2.45, 2.75) is 97.6 Å². The molecule has 2 N–H and O–H groups in total. The molecule has 0 amide bonds. The lowest BCUT2D eigenvalue weighted by atomic mass is 9.82. The molecule has 0 fully saturated rings. The summed E-state index contributed by atoms with van der Waals surface area (Å²) in [6.45, 7) is 19.9. The third-order valence-corrected chi connectivity index (χ3v) is 12.8. The average molecular weight is 613 g/mol. The second-order valence-corrected chi connectivity index (χ2v) is 17.6. The monoisotopic (exact) mass is 612 g/mol. The minimum absolute atomic E-state index is 0.0575. The van der Waals surface area contributed by atoms with Crippen molar-refractivity contribution >= 4 is 14.3 Å². The van der Waals surface area contributed by atoms with Gasteiger partial charge in [-0.05, 0) is 54.2 Å². The van der Waals surface area contributed by atoms with Gasteiger partial charge in [-0.1, -0.05) is 59.8 Å². The largest absolute Gasteiger partial charge is 0.497 e. The van der Waals surface area contributed by atoms with Crippen molar-refractivity contribution in [3.8, 4) is 5.75 Å². The van der Waals surface area contributed by atoms with Crippen molar-refractivity contribution in [3.05, 3.63) is 41.5 Å². The average Bonchev–Trinajstić information content (AvgIpc) is 2.94. The summed E-state index contributed by atoms with van der Waals surface area (Å²) in [7, 11) is 2.43. The van der Waals surface area contributed by atoms with Crippen LogP contribution < -0.4 is 4.74 Å². The number of rotatable bonds is 18. The molecular weight excluding hydrogens is 556 g/mol. The van der Waals surface area contributed by atoms with Crippen LogP contribution in [0.15, 0.2) is 35.9 Å². The molecule has 1 aromatic carbocycles. The molecular formula is C32H56O9Si. The van der Waals surface area contributed by atoms with Gasteiger partial charge in [-0.2, -0.15) is 0 Å². The third kappa shape index (κ3) is 11.4. The molecule has 7 atom stereocenters. The summed E-state index contributed by atoms with van der Waals surface area (Å²) in [5, 5.41) is 21.6. The smallest absolute Gasteiger partial charge is 0.337 e. The van der Waals surface area contributed by atoms with E-state index in [0.29, 0.717) is 6.61 Å². The van der Waals surface area contributed by atoms with Crippen LogP contribution in [-0.2, 0) is 34.8 Å². The van der Waals surface area contributed by atoms with Gasteiger partial charge in [-0.25, -0.2) is 4.79 Å². The SMILES string of the molecule is COCO[C@@H](/C(C)=C/[C@H](C)CO[Si](C)(C)C(C)(C)C)[C@@H](C)[C@H](OCc1ccc(OC)cc1)[C@@H](C)[C@H](O)[C@@H](O)C(=O)OC. The highest BCUT2D eigenvalue weighted by molar-refractivity contribution is 6.74. The topological polar surface area (TPSA) is 113 Å². The Morgan fingerprint density at radius 2 is 1.57 bits per heavy atom. The van der Waals surface area contributed by atoms with E-state index < -0.39 is 44.6 Å². The molecule has 242 valence electrons. The molecule has 9 nitrogen and oxygen atoms in total. The van der Waals surface area contributed by atoms with Gasteiger partial charge in [0.2, 0.25) is 0 Å². The number of benzene rings is 1. The number of ether oxygens (including phenoxy) is 5. The summed E-state index contributed by atoms with van der Waals surface area (Å²) in [6, 6.07) is 7.50. The molecule has 0 saturated carbocycles. The first-order chi connectivity index (χ1) is 19.5. The van der Waals surface area contributed by atoms with Gasteiger partial charge in [0.1, 0.15) is 12.5 Å². The van der Waals surface area contributed by atoms with Gasteiger partial charge in [0, 0.05) is 25.6 Å². The summed E-state index contributed by atoms with van der Waals surface area (Å²) in [4.78, 5) is 12.0. The number of carbonyl (C=O) groups excluding carboxylic acids is 1. The maximum atomic E-state index is 12.0. The zero-order chi connectivity index (χ0) is 32.3. The summed E-state index contributed by atoms with van der Waals surface area (Å²) < 4.78 is 34.2. The van der Waals surface area contributed by atoms with Gasteiger partial charge in [0.05, 0.1) is 39.1 Å².